The van der Waals surface area contributed by atoms with Crippen LogP contribution in [0.2, 0.25) is 0 Å². The van der Waals surface area contributed by atoms with Crippen LogP contribution in [0.5, 0.6) is 0 Å². The first-order chi connectivity index (χ1) is 10.5. The standard InChI is InChI=1S/C14H16N4O3S/c19-14(10-7-18(8-10)22(20,21)12-3-4-12)16-11-2-1-9-6-15-17-13(9)5-11/h1-2,5-6,10,12H,3-4,7-8H2,(H,15,17)(H,16,19). The molecule has 1 saturated heterocycles. The van der Waals surface area contributed by atoms with Gasteiger partial charge in [0, 0.05) is 24.2 Å². The molecular formula is C14H16N4O3S. The van der Waals surface area contributed by atoms with Gasteiger partial charge in [-0.15, -0.1) is 0 Å². The van der Waals surface area contributed by atoms with Gasteiger partial charge in [0.05, 0.1) is 22.9 Å². The zero-order chi connectivity index (χ0) is 15.3. The normalized spacial score (nSPS) is 20.0. The number of hydrogen-bond acceptors (Lipinski definition) is 4. The molecule has 2 heterocycles. The minimum Gasteiger partial charge on any atom is -0.326 e. The van der Waals surface area contributed by atoms with Gasteiger partial charge in [0.2, 0.25) is 15.9 Å². The summed E-state index contributed by atoms with van der Waals surface area (Å²) in [5.41, 5.74) is 1.54. The Labute approximate surface area is 127 Å². The van der Waals surface area contributed by atoms with Gasteiger partial charge in [-0.1, -0.05) is 0 Å². The van der Waals surface area contributed by atoms with E-state index in [2.05, 4.69) is 15.5 Å². The number of carbonyl (C=O) groups is 1. The van der Waals surface area contributed by atoms with E-state index in [4.69, 9.17) is 0 Å². The molecule has 0 bridgehead atoms. The molecule has 2 fully saturated rings. The lowest BCUT2D eigenvalue weighted by Gasteiger charge is -2.37. The topological polar surface area (TPSA) is 95.2 Å². The number of aromatic amines is 1. The fraction of sp³-hybridized carbons (Fsp3) is 0.429. The molecule has 2 N–H and O–H groups in total. The monoisotopic (exact) mass is 320 g/mol. The summed E-state index contributed by atoms with van der Waals surface area (Å²) in [7, 11) is -3.15. The maximum Gasteiger partial charge on any atom is 0.230 e. The number of amides is 1. The number of aromatic nitrogens is 2. The molecule has 0 unspecified atom stereocenters. The molecule has 1 aliphatic heterocycles. The van der Waals surface area contributed by atoms with Crippen molar-refractivity contribution in [3.05, 3.63) is 24.4 Å². The van der Waals surface area contributed by atoms with E-state index in [1.807, 2.05) is 18.2 Å². The van der Waals surface area contributed by atoms with Crippen molar-refractivity contribution in [3.8, 4) is 0 Å². The largest absolute Gasteiger partial charge is 0.326 e. The molecule has 1 aromatic heterocycles. The zero-order valence-electron chi connectivity index (χ0n) is 11.8. The highest BCUT2D eigenvalue weighted by Crippen LogP contribution is 2.34. The van der Waals surface area contributed by atoms with Crippen LogP contribution in [0, 0.1) is 5.92 Å². The number of nitrogens with one attached hydrogen (secondary N) is 2. The quantitative estimate of drug-likeness (QED) is 0.876. The van der Waals surface area contributed by atoms with E-state index >= 15 is 0 Å². The van der Waals surface area contributed by atoms with Crippen LogP contribution in [0.15, 0.2) is 24.4 Å². The van der Waals surface area contributed by atoms with Crippen molar-refractivity contribution in [3.63, 3.8) is 0 Å². The van der Waals surface area contributed by atoms with Gasteiger partial charge in [0.1, 0.15) is 0 Å². The lowest BCUT2D eigenvalue weighted by molar-refractivity contribution is -0.122. The second kappa shape index (κ2) is 4.79. The minimum atomic E-state index is -3.15. The number of fused-ring (bicyclic) bond motifs is 1. The number of nitrogens with zero attached hydrogens (tertiary/aromatic N) is 2. The molecule has 2 aromatic rings. The zero-order valence-corrected chi connectivity index (χ0v) is 12.6. The highest BCUT2D eigenvalue weighted by molar-refractivity contribution is 7.90. The molecule has 0 spiro atoms. The first-order valence-electron chi connectivity index (χ1n) is 7.27. The molecule has 22 heavy (non-hydrogen) atoms. The van der Waals surface area contributed by atoms with Crippen molar-refractivity contribution < 1.29 is 13.2 Å². The van der Waals surface area contributed by atoms with E-state index < -0.39 is 10.0 Å². The molecule has 1 aromatic carbocycles. The van der Waals surface area contributed by atoms with Crippen LogP contribution in [-0.4, -0.2) is 47.2 Å². The SMILES string of the molecule is O=C(Nc1ccc2cn[nH]c2c1)C1CN(S(=O)(=O)C2CC2)C1. The van der Waals surface area contributed by atoms with Gasteiger partial charge in [-0.2, -0.15) is 9.40 Å². The molecule has 1 aliphatic carbocycles. The average Bonchev–Trinajstić information content (AvgIpc) is 3.17. The molecule has 1 saturated carbocycles. The Hall–Kier alpha value is -1.93. The molecule has 116 valence electrons. The van der Waals surface area contributed by atoms with Gasteiger partial charge in [0.15, 0.2) is 0 Å². The van der Waals surface area contributed by atoms with Crippen LogP contribution >= 0.6 is 0 Å². The predicted octanol–water partition coefficient (Wildman–Crippen LogP) is 0.925. The Morgan fingerprint density at radius 3 is 2.82 bits per heavy atom. The summed E-state index contributed by atoms with van der Waals surface area (Å²) < 4.78 is 25.4. The molecule has 4 rings (SSSR count). The summed E-state index contributed by atoms with van der Waals surface area (Å²) in [5, 5.41) is 10.4. The van der Waals surface area contributed by atoms with Crippen molar-refractivity contribution in [2.75, 3.05) is 18.4 Å². The maximum atomic E-state index is 12.2. The van der Waals surface area contributed by atoms with E-state index in [0.717, 1.165) is 23.7 Å². The second-order valence-corrected chi connectivity index (χ2v) is 8.13. The Balaban J connectivity index is 1.39. The highest BCUT2D eigenvalue weighted by atomic mass is 32.2. The molecular weight excluding hydrogens is 304 g/mol. The fourth-order valence-corrected chi connectivity index (χ4v) is 4.58. The summed E-state index contributed by atoms with van der Waals surface area (Å²) in [6.07, 6.45) is 3.22. The number of carbonyl (C=O) groups excluding carboxylic acids is 1. The van der Waals surface area contributed by atoms with Crippen LogP contribution in [0.25, 0.3) is 10.9 Å². The first kappa shape index (κ1) is 13.7. The highest BCUT2D eigenvalue weighted by Gasteiger charge is 2.46. The second-order valence-electron chi connectivity index (χ2n) is 5.92. The van der Waals surface area contributed by atoms with Gasteiger partial charge in [-0.25, -0.2) is 8.42 Å². The van der Waals surface area contributed by atoms with E-state index in [9.17, 15) is 13.2 Å². The lowest BCUT2D eigenvalue weighted by atomic mass is 10.0. The van der Waals surface area contributed by atoms with Crippen LogP contribution in [-0.2, 0) is 14.8 Å². The Morgan fingerprint density at radius 1 is 1.32 bits per heavy atom. The predicted molar refractivity (Wildman–Crippen MR) is 81.7 cm³/mol. The van der Waals surface area contributed by atoms with Gasteiger partial charge in [-0.3, -0.25) is 9.89 Å². The molecule has 2 aliphatic rings. The van der Waals surface area contributed by atoms with E-state index in [0.29, 0.717) is 5.69 Å². The number of rotatable bonds is 4. The van der Waals surface area contributed by atoms with E-state index in [-0.39, 0.29) is 30.2 Å². The number of H-pyrrole nitrogens is 1. The average molecular weight is 320 g/mol. The van der Waals surface area contributed by atoms with E-state index in [1.54, 1.807) is 6.20 Å². The molecule has 0 radical (unpaired) electrons. The van der Waals surface area contributed by atoms with Crippen molar-refractivity contribution in [1.82, 2.24) is 14.5 Å². The van der Waals surface area contributed by atoms with Crippen LogP contribution < -0.4 is 5.32 Å². The third kappa shape index (κ3) is 2.28. The summed E-state index contributed by atoms with van der Waals surface area (Å²) in [5.74, 6) is -0.410. The molecule has 7 nitrogen and oxygen atoms in total. The molecule has 1 amide bonds. The van der Waals surface area contributed by atoms with Crippen LogP contribution in [0.4, 0.5) is 5.69 Å². The van der Waals surface area contributed by atoms with Gasteiger partial charge < -0.3 is 5.32 Å². The third-order valence-corrected chi connectivity index (χ3v) is 6.57. The minimum absolute atomic E-state index is 0.138. The van der Waals surface area contributed by atoms with Gasteiger partial charge >= 0.3 is 0 Å². The Kier molecular flexibility index (Phi) is 2.98. The van der Waals surface area contributed by atoms with Crippen molar-refractivity contribution in [1.29, 1.82) is 0 Å². The maximum absolute atomic E-state index is 12.2. The van der Waals surface area contributed by atoms with E-state index in [1.165, 1.54) is 4.31 Å². The molecule has 8 heteroatoms. The van der Waals surface area contributed by atoms with Crippen LogP contribution in [0.3, 0.4) is 0 Å². The first-order valence-corrected chi connectivity index (χ1v) is 8.77. The Bertz CT molecular complexity index is 835. The molecule has 0 atom stereocenters. The number of sulfonamides is 1. The number of benzene rings is 1. The lowest BCUT2D eigenvalue weighted by Crippen LogP contribution is -2.55. The van der Waals surface area contributed by atoms with Gasteiger partial charge in [0.25, 0.3) is 0 Å². The summed E-state index contributed by atoms with van der Waals surface area (Å²) in [6.45, 7) is 0.577. The van der Waals surface area contributed by atoms with Crippen molar-refractivity contribution in [2.24, 2.45) is 5.92 Å². The Morgan fingerprint density at radius 2 is 2.09 bits per heavy atom. The van der Waals surface area contributed by atoms with Crippen molar-refractivity contribution >= 4 is 32.5 Å². The van der Waals surface area contributed by atoms with Crippen molar-refractivity contribution in [2.45, 2.75) is 18.1 Å². The summed E-state index contributed by atoms with van der Waals surface area (Å²) in [4.78, 5) is 12.2. The fourth-order valence-electron chi connectivity index (χ4n) is 2.65. The summed E-state index contributed by atoms with van der Waals surface area (Å²) in [6, 6.07) is 5.50. The third-order valence-electron chi connectivity index (χ3n) is 4.23. The number of hydrogen-bond donors (Lipinski definition) is 2. The number of anilines is 1. The van der Waals surface area contributed by atoms with Gasteiger partial charge in [-0.05, 0) is 31.0 Å². The summed E-state index contributed by atoms with van der Waals surface area (Å²) >= 11 is 0. The smallest absolute Gasteiger partial charge is 0.230 e. The van der Waals surface area contributed by atoms with Crippen LogP contribution in [0.1, 0.15) is 12.8 Å².